The molecule has 1 saturated heterocycles. The Bertz CT molecular complexity index is 196. The van der Waals surface area contributed by atoms with Crippen molar-refractivity contribution in [1.82, 2.24) is 4.90 Å². The number of esters is 1. The summed E-state index contributed by atoms with van der Waals surface area (Å²) in [6, 6.07) is 0.219. The zero-order valence-electron chi connectivity index (χ0n) is 9.16. The van der Waals surface area contributed by atoms with E-state index in [1.54, 1.807) is 7.11 Å². The molecule has 1 aliphatic heterocycles. The fourth-order valence-corrected chi connectivity index (χ4v) is 2.04. The van der Waals surface area contributed by atoms with Gasteiger partial charge in [0, 0.05) is 13.2 Å². The summed E-state index contributed by atoms with van der Waals surface area (Å²) in [5, 5.41) is 0. The number of carbonyl (C=O) groups excluding carboxylic acids is 1. The fourth-order valence-electron chi connectivity index (χ4n) is 2.04. The van der Waals surface area contributed by atoms with Gasteiger partial charge in [0.1, 0.15) is 6.04 Å². The zero-order chi connectivity index (χ0) is 10.6. The minimum absolute atomic E-state index is 0.0647. The van der Waals surface area contributed by atoms with E-state index in [0.29, 0.717) is 6.61 Å². The summed E-state index contributed by atoms with van der Waals surface area (Å²) in [4.78, 5) is 13.6. The van der Waals surface area contributed by atoms with E-state index < -0.39 is 0 Å². The third kappa shape index (κ3) is 2.45. The van der Waals surface area contributed by atoms with Crippen molar-refractivity contribution >= 4 is 5.97 Å². The summed E-state index contributed by atoms with van der Waals surface area (Å²) in [7, 11) is 3.12. The van der Waals surface area contributed by atoms with Crippen LogP contribution in [0.4, 0.5) is 0 Å². The van der Waals surface area contributed by atoms with E-state index in [1.165, 1.54) is 7.11 Å². The molecule has 2 unspecified atom stereocenters. The first kappa shape index (κ1) is 11.5. The van der Waals surface area contributed by atoms with Crippen molar-refractivity contribution in [2.45, 2.75) is 31.8 Å². The molecule has 0 aromatic rings. The van der Waals surface area contributed by atoms with E-state index in [2.05, 4.69) is 11.8 Å². The van der Waals surface area contributed by atoms with E-state index in [9.17, 15) is 4.79 Å². The highest BCUT2D eigenvalue weighted by Crippen LogP contribution is 2.21. The van der Waals surface area contributed by atoms with Gasteiger partial charge in [-0.3, -0.25) is 9.69 Å². The van der Waals surface area contributed by atoms with Crippen molar-refractivity contribution < 1.29 is 14.3 Å². The molecule has 1 heterocycles. The average molecular weight is 201 g/mol. The molecule has 0 saturated carbocycles. The Labute approximate surface area is 85.2 Å². The largest absolute Gasteiger partial charge is 0.468 e. The van der Waals surface area contributed by atoms with Crippen molar-refractivity contribution in [2.75, 3.05) is 27.4 Å². The Balaban J connectivity index is 2.54. The maximum Gasteiger partial charge on any atom is 0.323 e. The summed E-state index contributed by atoms with van der Waals surface area (Å²) in [5.41, 5.74) is 0. The molecule has 82 valence electrons. The molecular formula is C10H19NO3. The average Bonchev–Trinajstić information content (AvgIpc) is 2.65. The van der Waals surface area contributed by atoms with Gasteiger partial charge in [-0.05, 0) is 26.3 Å². The van der Waals surface area contributed by atoms with Gasteiger partial charge in [-0.15, -0.1) is 0 Å². The lowest BCUT2D eigenvalue weighted by atomic mass is 10.2. The van der Waals surface area contributed by atoms with Gasteiger partial charge in [0.25, 0.3) is 0 Å². The fraction of sp³-hybridized carbons (Fsp3) is 0.900. The summed E-state index contributed by atoms with van der Waals surface area (Å²) in [6.07, 6.45) is 1.97. The first-order chi connectivity index (χ1) is 6.70. The summed E-state index contributed by atoms with van der Waals surface area (Å²) < 4.78 is 9.86. The Morgan fingerprint density at radius 3 is 2.86 bits per heavy atom. The second-order valence-electron chi connectivity index (χ2n) is 3.72. The molecule has 0 radical (unpaired) electrons. The normalized spacial score (nSPS) is 24.9. The van der Waals surface area contributed by atoms with Crippen LogP contribution >= 0.6 is 0 Å². The number of hydrogen-bond donors (Lipinski definition) is 0. The summed E-state index contributed by atoms with van der Waals surface area (Å²) in [5.74, 6) is -0.120. The summed E-state index contributed by atoms with van der Waals surface area (Å²) in [6.45, 7) is 3.70. The molecule has 2 atom stereocenters. The third-order valence-electron chi connectivity index (χ3n) is 2.74. The molecule has 1 fully saturated rings. The molecule has 0 aliphatic carbocycles. The van der Waals surface area contributed by atoms with Gasteiger partial charge >= 0.3 is 5.97 Å². The number of methoxy groups -OCH3 is 2. The second-order valence-corrected chi connectivity index (χ2v) is 3.72. The lowest BCUT2D eigenvalue weighted by Crippen LogP contribution is -2.44. The topological polar surface area (TPSA) is 38.8 Å². The Morgan fingerprint density at radius 1 is 1.57 bits per heavy atom. The molecule has 0 amide bonds. The van der Waals surface area contributed by atoms with Crippen molar-refractivity contribution in [3.8, 4) is 0 Å². The zero-order valence-corrected chi connectivity index (χ0v) is 9.16. The van der Waals surface area contributed by atoms with Crippen LogP contribution < -0.4 is 0 Å². The SMILES string of the molecule is COCC(C)N1CCCC1C(=O)OC. The number of ether oxygens (including phenoxy) is 2. The predicted molar refractivity (Wildman–Crippen MR) is 53.1 cm³/mol. The van der Waals surface area contributed by atoms with E-state index >= 15 is 0 Å². The monoisotopic (exact) mass is 201 g/mol. The van der Waals surface area contributed by atoms with Crippen LogP contribution in [-0.2, 0) is 14.3 Å². The Kier molecular flexibility index (Phi) is 4.35. The van der Waals surface area contributed by atoms with Crippen molar-refractivity contribution in [1.29, 1.82) is 0 Å². The molecule has 4 heteroatoms. The van der Waals surface area contributed by atoms with E-state index in [4.69, 9.17) is 9.47 Å². The third-order valence-corrected chi connectivity index (χ3v) is 2.74. The molecular weight excluding hydrogens is 182 g/mol. The van der Waals surface area contributed by atoms with Crippen LogP contribution in [0.25, 0.3) is 0 Å². The number of rotatable bonds is 4. The molecule has 0 N–H and O–H groups in total. The smallest absolute Gasteiger partial charge is 0.323 e. The van der Waals surface area contributed by atoms with Crippen LogP contribution in [0.1, 0.15) is 19.8 Å². The predicted octanol–water partition coefficient (Wildman–Crippen LogP) is 0.659. The molecule has 1 aliphatic rings. The van der Waals surface area contributed by atoms with Gasteiger partial charge in [-0.25, -0.2) is 0 Å². The minimum atomic E-state index is -0.120. The molecule has 0 aromatic carbocycles. The van der Waals surface area contributed by atoms with Crippen molar-refractivity contribution in [3.63, 3.8) is 0 Å². The molecule has 14 heavy (non-hydrogen) atoms. The highest BCUT2D eigenvalue weighted by atomic mass is 16.5. The van der Waals surface area contributed by atoms with Crippen LogP contribution in [-0.4, -0.2) is 50.3 Å². The van der Waals surface area contributed by atoms with Gasteiger partial charge in [0.15, 0.2) is 0 Å². The van der Waals surface area contributed by atoms with Crippen LogP contribution in [0.15, 0.2) is 0 Å². The van der Waals surface area contributed by atoms with Crippen LogP contribution in [0.5, 0.6) is 0 Å². The standard InChI is InChI=1S/C10H19NO3/c1-8(7-13-2)11-6-4-5-9(11)10(12)14-3/h8-9H,4-7H2,1-3H3. The lowest BCUT2D eigenvalue weighted by molar-refractivity contribution is -0.146. The lowest BCUT2D eigenvalue weighted by Gasteiger charge is -2.28. The van der Waals surface area contributed by atoms with Crippen molar-refractivity contribution in [2.24, 2.45) is 0 Å². The number of hydrogen-bond acceptors (Lipinski definition) is 4. The number of carbonyl (C=O) groups is 1. The quantitative estimate of drug-likeness (QED) is 0.626. The second kappa shape index (κ2) is 5.32. The maximum absolute atomic E-state index is 11.4. The Morgan fingerprint density at radius 2 is 2.29 bits per heavy atom. The van der Waals surface area contributed by atoms with E-state index in [1.807, 2.05) is 0 Å². The van der Waals surface area contributed by atoms with Gasteiger partial charge in [0.2, 0.25) is 0 Å². The van der Waals surface area contributed by atoms with E-state index in [0.717, 1.165) is 19.4 Å². The van der Waals surface area contributed by atoms with Crippen LogP contribution in [0.3, 0.4) is 0 Å². The first-order valence-corrected chi connectivity index (χ1v) is 5.03. The first-order valence-electron chi connectivity index (χ1n) is 5.03. The number of nitrogens with zero attached hydrogens (tertiary/aromatic N) is 1. The number of likely N-dealkylation sites (tertiary alicyclic amines) is 1. The Hall–Kier alpha value is -0.610. The molecule has 1 rings (SSSR count). The van der Waals surface area contributed by atoms with Crippen LogP contribution in [0.2, 0.25) is 0 Å². The van der Waals surface area contributed by atoms with Crippen molar-refractivity contribution in [3.05, 3.63) is 0 Å². The molecule has 0 aromatic heterocycles. The van der Waals surface area contributed by atoms with E-state index in [-0.39, 0.29) is 18.1 Å². The highest BCUT2D eigenvalue weighted by molar-refractivity contribution is 5.76. The molecule has 0 bridgehead atoms. The maximum atomic E-state index is 11.4. The van der Waals surface area contributed by atoms with Crippen LogP contribution in [0, 0.1) is 0 Å². The molecule has 4 nitrogen and oxygen atoms in total. The summed E-state index contributed by atoms with van der Waals surface area (Å²) >= 11 is 0. The van der Waals surface area contributed by atoms with Gasteiger partial charge in [-0.1, -0.05) is 0 Å². The van der Waals surface area contributed by atoms with Gasteiger partial charge < -0.3 is 9.47 Å². The van der Waals surface area contributed by atoms with Gasteiger partial charge in [0.05, 0.1) is 13.7 Å². The molecule has 0 spiro atoms. The van der Waals surface area contributed by atoms with Gasteiger partial charge in [-0.2, -0.15) is 0 Å². The highest BCUT2D eigenvalue weighted by Gasteiger charge is 2.34. The minimum Gasteiger partial charge on any atom is -0.468 e.